The van der Waals surface area contributed by atoms with Crippen molar-refractivity contribution < 1.29 is 4.39 Å². The zero-order chi connectivity index (χ0) is 15.4. The molecule has 21 heavy (non-hydrogen) atoms. The van der Waals surface area contributed by atoms with Crippen molar-refractivity contribution >= 4 is 17.3 Å². The molecular formula is C17H20ClFN2. The van der Waals surface area contributed by atoms with Crippen LogP contribution in [0.25, 0.3) is 0 Å². The summed E-state index contributed by atoms with van der Waals surface area (Å²) in [6.45, 7) is 2.56. The normalized spacial score (nSPS) is 12.2. The molecule has 0 fully saturated rings. The minimum Gasteiger partial charge on any atom is -0.369 e. The lowest BCUT2D eigenvalue weighted by molar-refractivity contribution is 0.608. The first kappa shape index (κ1) is 15.8. The standard InChI is InChI=1S/C17H20ClFN2/c1-12(20-2)13-8-9-17(15(18)10-13)21(3)11-14-6-4-5-7-16(14)19/h4-10,12,20H,11H2,1-3H3. The molecule has 0 aliphatic carbocycles. The molecule has 0 spiro atoms. The molecule has 0 bridgehead atoms. The summed E-state index contributed by atoms with van der Waals surface area (Å²) in [5.41, 5.74) is 2.68. The molecule has 0 aliphatic heterocycles. The Morgan fingerprint density at radius 1 is 1.24 bits per heavy atom. The molecule has 1 N–H and O–H groups in total. The molecule has 0 aromatic heterocycles. The average Bonchev–Trinajstić information content (AvgIpc) is 2.48. The SMILES string of the molecule is CNC(C)c1ccc(N(C)Cc2ccccc2F)c(Cl)c1. The van der Waals surface area contributed by atoms with Gasteiger partial charge in [0.05, 0.1) is 10.7 Å². The molecule has 1 atom stereocenters. The van der Waals surface area contributed by atoms with E-state index in [0.717, 1.165) is 11.3 Å². The Labute approximate surface area is 130 Å². The highest BCUT2D eigenvalue weighted by molar-refractivity contribution is 6.33. The van der Waals surface area contributed by atoms with Crippen LogP contribution in [0.2, 0.25) is 5.02 Å². The van der Waals surface area contributed by atoms with E-state index in [2.05, 4.69) is 12.2 Å². The quantitative estimate of drug-likeness (QED) is 0.881. The summed E-state index contributed by atoms with van der Waals surface area (Å²) in [6, 6.07) is 13.0. The predicted octanol–water partition coefficient (Wildman–Crippen LogP) is 4.40. The lowest BCUT2D eigenvalue weighted by Gasteiger charge is -2.22. The third kappa shape index (κ3) is 3.74. The van der Waals surface area contributed by atoms with Crippen molar-refractivity contribution in [1.29, 1.82) is 0 Å². The van der Waals surface area contributed by atoms with Gasteiger partial charge in [-0.25, -0.2) is 4.39 Å². The zero-order valence-corrected chi connectivity index (χ0v) is 13.3. The number of halogens is 2. The van der Waals surface area contributed by atoms with Crippen LogP contribution in [-0.2, 0) is 6.54 Å². The molecule has 2 nitrogen and oxygen atoms in total. The fraction of sp³-hybridized carbons (Fsp3) is 0.294. The largest absolute Gasteiger partial charge is 0.369 e. The van der Waals surface area contributed by atoms with Crippen molar-refractivity contribution in [2.24, 2.45) is 0 Å². The van der Waals surface area contributed by atoms with E-state index in [4.69, 9.17) is 11.6 Å². The maximum atomic E-state index is 13.7. The maximum Gasteiger partial charge on any atom is 0.128 e. The molecule has 2 rings (SSSR count). The minimum absolute atomic E-state index is 0.194. The van der Waals surface area contributed by atoms with Crippen molar-refractivity contribution in [2.75, 3.05) is 19.0 Å². The van der Waals surface area contributed by atoms with Crippen molar-refractivity contribution in [3.8, 4) is 0 Å². The first-order valence-electron chi connectivity index (χ1n) is 6.94. The summed E-state index contributed by atoms with van der Waals surface area (Å²) in [5.74, 6) is -0.194. The van der Waals surface area contributed by atoms with Gasteiger partial charge in [0, 0.05) is 25.2 Å². The molecule has 0 saturated heterocycles. The van der Waals surface area contributed by atoms with Crippen LogP contribution in [0, 0.1) is 5.82 Å². The van der Waals surface area contributed by atoms with E-state index >= 15 is 0 Å². The second kappa shape index (κ2) is 6.92. The fourth-order valence-electron chi connectivity index (χ4n) is 2.24. The van der Waals surface area contributed by atoms with Crippen LogP contribution in [0.5, 0.6) is 0 Å². The van der Waals surface area contributed by atoms with Gasteiger partial charge in [-0.3, -0.25) is 0 Å². The summed E-state index contributed by atoms with van der Waals surface area (Å²) in [7, 11) is 3.83. The summed E-state index contributed by atoms with van der Waals surface area (Å²) in [6.07, 6.45) is 0. The third-order valence-corrected chi connectivity index (χ3v) is 3.98. The highest BCUT2D eigenvalue weighted by Gasteiger charge is 2.11. The lowest BCUT2D eigenvalue weighted by atomic mass is 10.1. The monoisotopic (exact) mass is 306 g/mol. The van der Waals surface area contributed by atoms with Crippen LogP contribution in [0.3, 0.4) is 0 Å². The first-order valence-corrected chi connectivity index (χ1v) is 7.32. The molecule has 2 aromatic carbocycles. The van der Waals surface area contributed by atoms with Crippen LogP contribution < -0.4 is 10.2 Å². The van der Waals surface area contributed by atoms with E-state index < -0.39 is 0 Å². The van der Waals surface area contributed by atoms with E-state index in [1.54, 1.807) is 12.1 Å². The number of anilines is 1. The van der Waals surface area contributed by atoms with Gasteiger partial charge in [-0.15, -0.1) is 0 Å². The lowest BCUT2D eigenvalue weighted by Crippen LogP contribution is -2.18. The topological polar surface area (TPSA) is 15.3 Å². The number of nitrogens with one attached hydrogen (secondary N) is 1. The molecule has 0 amide bonds. The molecule has 1 unspecified atom stereocenters. The van der Waals surface area contributed by atoms with Crippen molar-refractivity contribution in [2.45, 2.75) is 19.5 Å². The van der Waals surface area contributed by atoms with Gasteiger partial charge >= 0.3 is 0 Å². The first-order chi connectivity index (χ1) is 10.0. The van der Waals surface area contributed by atoms with Gasteiger partial charge in [-0.2, -0.15) is 0 Å². The van der Waals surface area contributed by atoms with Gasteiger partial charge < -0.3 is 10.2 Å². The van der Waals surface area contributed by atoms with Gasteiger partial charge in [0.2, 0.25) is 0 Å². The van der Waals surface area contributed by atoms with E-state index in [1.807, 2.05) is 43.3 Å². The summed E-state index contributed by atoms with van der Waals surface area (Å²) in [4.78, 5) is 1.95. The highest BCUT2D eigenvalue weighted by atomic mass is 35.5. The molecular weight excluding hydrogens is 287 g/mol. The molecule has 0 heterocycles. The van der Waals surface area contributed by atoms with E-state index in [-0.39, 0.29) is 11.9 Å². The molecule has 2 aromatic rings. The number of rotatable bonds is 5. The van der Waals surface area contributed by atoms with Crippen LogP contribution in [0.1, 0.15) is 24.1 Å². The van der Waals surface area contributed by atoms with Crippen molar-refractivity contribution in [3.63, 3.8) is 0 Å². The van der Waals surface area contributed by atoms with Crippen LogP contribution in [0.15, 0.2) is 42.5 Å². The second-order valence-electron chi connectivity index (χ2n) is 5.17. The van der Waals surface area contributed by atoms with Gasteiger partial charge in [-0.05, 0) is 37.7 Å². The Morgan fingerprint density at radius 3 is 2.57 bits per heavy atom. The van der Waals surface area contributed by atoms with Crippen LogP contribution >= 0.6 is 11.6 Å². The number of hydrogen-bond acceptors (Lipinski definition) is 2. The molecule has 0 radical (unpaired) electrons. The molecule has 0 aliphatic rings. The van der Waals surface area contributed by atoms with Crippen LogP contribution in [0.4, 0.5) is 10.1 Å². The van der Waals surface area contributed by atoms with Crippen molar-refractivity contribution in [1.82, 2.24) is 5.32 Å². The average molecular weight is 307 g/mol. The van der Waals surface area contributed by atoms with E-state index in [0.29, 0.717) is 17.1 Å². The van der Waals surface area contributed by atoms with Gasteiger partial charge in [0.15, 0.2) is 0 Å². The molecule has 4 heteroatoms. The van der Waals surface area contributed by atoms with Crippen molar-refractivity contribution in [3.05, 3.63) is 64.4 Å². The van der Waals surface area contributed by atoms with Gasteiger partial charge in [0.1, 0.15) is 5.82 Å². The van der Waals surface area contributed by atoms with Gasteiger partial charge in [-0.1, -0.05) is 35.9 Å². The Hall–Kier alpha value is -1.58. The number of nitrogens with zero attached hydrogens (tertiary/aromatic N) is 1. The summed E-state index contributed by atoms with van der Waals surface area (Å²) >= 11 is 6.37. The Kier molecular flexibility index (Phi) is 5.21. The minimum atomic E-state index is -0.194. The Morgan fingerprint density at radius 2 is 1.95 bits per heavy atom. The van der Waals surface area contributed by atoms with Crippen LogP contribution in [-0.4, -0.2) is 14.1 Å². The second-order valence-corrected chi connectivity index (χ2v) is 5.58. The molecule has 0 saturated carbocycles. The predicted molar refractivity (Wildman–Crippen MR) is 87.4 cm³/mol. The highest BCUT2D eigenvalue weighted by Crippen LogP contribution is 2.29. The summed E-state index contributed by atoms with van der Waals surface area (Å²) < 4.78 is 13.7. The van der Waals surface area contributed by atoms with Gasteiger partial charge in [0.25, 0.3) is 0 Å². The van der Waals surface area contributed by atoms with E-state index in [9.17, 15) is 4.39 Å². The molecule has 112 valence electrons. The Balaban J connectivity index is 2.20. The number of hydrogen-bond donors (Lipinski definition) is 1. The Bertz CT molecular complexity index is 615. The zero-order valence-electron chi connectivity index (χ0n) is 12.5. The number of benzene rings is 2. The summed E-state index contributed by atoms with van der Waals surface area (Å²) in [5, 5.41) is 3.86. The fourth-order valence-corrected chi connectivity index (χ4v) is 2.57. The maximum absolute atomic E-state index is 13.7. The smallest absolute Gasteiger partial charge is 0.128 e. The third-order valence-electron chi connectivity index (χ3n) is 3.68. The van der Waals surface area contributed by atoms with E-state index in [1.165, 1.54) is 6.07 Å².